The van der Waals surface area contributed by atoms with Gasteiger partial charge in [0.05, 0.1) is 0 Å². The van der Waals surface area contributed by atoms with Gasteiger partial charge in [0, 0.05) is 11.9 Å². The fourth-order valence-corrected chi connectivity index (χ4v) is 2.45. The van der Waals surface area contributed by atoms with E-state index in [-0.39, 0.29) is 5.69 Å². The fourth-order valence-electron chi connectivity index (χ4n) is 2.45. The van der Waals surface area contributed by atoms with Crippen molar-refractivity contribution in [3.8, 4) is 0 Å². The Balaban J connectivity index is 1.80. The lowest BCUT2D eigenvalue weighted by atomic mass is 10.1. The van der Waals surface area contributed by atoms with Gasteiger partial charge in [-0.1, -0.05) is 37.1 Å². The van der Waals surface area contributed by atoms with Gasteiger partial charge in [-0.3, -0.25) is 0 Å². The molecule has 2 N–H and O–H groups in total. The van der Waals surface area contributed by atoms with E-state index in [1.807, 2.05) is 24.3 Å². The Morgan fingerprint density at radius 1 is 1.35 bits per heavy atom. The lowest BCUT2D eigenvalue weighted by Crippen LogP contribution is -2.08. The lowest BCUT2D eigenvalue weighted by molar-refractivity contribution is 0.0691. The first-order valence-electron chi connectivity index (χ1n) is 7.11. The van der Waals surface area contributed by atoms with Gasteiger partial charge in [-0.2, -0.15) is 0 Å². The Bertz CT molecular complexity index is 635. The average molecular weight is 270 g/mol. The van der Waals surface area contributed by atoms with Crippen LogP contribution in [0.15, 0.2) is 30.3 Å². The van der Waals surface area contributed by atoms with E-state index in [1.165, 1.54) is 19.3 Å². The molecular weight excluding hydrogens is 252 g/mol. The monoisotopic (exact) mass is 270 g/mol. The van der Waals surface area contributed by atoms with Gasteiger partial charge in [0.15, 0.2) is 5.69 Å². The van der Waals surface area contributed by atoms with E-state index in [4.69, 9.17) is 5.11 Å². The molecule has 1 aliphatic carbocycles. The standard InChI is InChI=1S/C16H18N2O2/c19-16(20)14-10-12-5-1-2-6-13(12)15(18-14)17-9-3-4-11-7-8-11/h1-2,5-6,10-11H,3-4,7-9H2,(H,17,18)(H,19,20). The van der Waals surface area contributed by atoms with Crippen molar-refractivity contribution in [3.05, 3.63) is 36.0 Å². The summed E-state index contributed by atoms with van der Waals surface area (Å²) in [6, 6.07) is 9.35. The first kappa shape index (κ1) is 12.9. The molecule has 20 heavy (non-hydrogen) atoms. The van der Waals surface area contributed by atoms with Crippen molar-refractivity contribution in [2.45, 2.75) is 25.7 Å². The highest BCUT2D eigenvalue weighted by Crippen LogP contribution is 2.33. The summed E-state index contributed by atoms with van der Waals surface area (Å²) in [7, 11) is 0. The molecule has 4 heteroatoms. The zero-order chi connectivity index (χ0) is 13.9. The summed E-state index contributed by atoms with van der Waals surface area (Å²) in [5, 5.41) is 14.3. The third-order valence-corrected chi connectivity index (χ3v) is 3.74. The first-order valence-corrected chi connectivity index (χ1v) is 7.11. The normalized spacial score (nSPS) is 14.4. The molecule has 1 aliphatic rings. The number of carboxylic acid groups (broad SMARTS) is 1. The number of pyridine rings is 1. The maximum Gasteiger partial charge on any atom is 0.354 e. The molecule has 0 atom stereocenters. The van der Waals surface area contributed by atoms with Crippen molar-refractivity contribution in [1.29, 1.82) is 0 Å². The highest BCUT2D eigenvalue weighted by molar-refractivity contribution is 5.97. The van der Waals surface area contributed by atoms with Gasteiger partial charge in [0.2, 0.25) is 0 Å². The van der Waals surface area contributed by atoms with E-state index in [1.54, 1.807) is 6.07 Å². The van der Waals surface area contributed by atoms with Gasteiger partial charge in [-0.05, 0) is 30.2 Å². The first-order chi connectivity index (χ1) is 9.74. The third kappa shape index (κ3) is 2.90. The Labute approximate surface area is 117 Å². The second kappa shape index (κ2) is 5.49. The number of hydrogen-bond donors (Lipinski definition) is 2. The maximum absolute atomic E-state index is 11.1. The van der Waals surface area contributed by atoms with Crippen LogP contribution in [0.2, 0.25) is 0 Å². The number of hydrogen-bond acceptors (Lipinski definition) is 3. The molecule has 0 aliphatic heterocycles. The van der Waals surface area contributed by atoms with E-state index in [0.717, 1.165) is 29.7 Å². The minimum absolute atomic E-state index is 0.0911. The number of benzene rings is 1. The SMILES string of the molecule is O=C(O)c1cc2ccccc2c(NCCCC2CC2)n1. The van der Waals surface area contributed by atoms with Crippen molar-refractivity contribution in [2.75, 3.05) is 11.9 Å². The summed E-state index contributed by atoms with van der Waals surface area (Å²) in [5.74, 6) is 0.611. The van der Waals surface area contributed by atoms with Gasteiger partial charge in [0.25, 0.3) is 0 Å². The molecule has 0 radical (unpaired) electrons. The summed E-state index contributed by atoms with van der Waals surface area (Å²) < 4.78 is 0. The van der Waals surface area contributed by atoms with Crippen molar-refractivity contribution < 1.29 is 9.90 Å². The molecular formula is C16H18N2O2. The summed E-state index contributed by atoms with van der Waals surface area (Å²) in [5.41, 5.74) is 0.0911. The van der Waals surface area contributed by atoms with E-state index in [0.29, 0.717) is 5.82 Å². The maximum atomic E-state index is 11.1. The van der Waals surface area contributed by atoms with Gasteiger partial charge in [0.1, 0.15) is 5.82 Å². The molecule has 1 aromatic carbocycles. The third-order valence-electron chi connectivity index (χ3n) is 3.74. The molecule has 0 bridgehead atoms. The number of carbonyl (C=O) groups is 1. The van der Waals surface area contributed by atoms with Gasteiger partial charge < -0.3 is 10.4 Å². The van der Waals surface area contributed by atoms with Crippen LogP contribution in [-0.2, 0) is 0 Å². The molecule has 1 saturated carbocycles. The second-order valence-corrected chi connectivity index (χ2v) is 5.39. The van der Waals surface area contributed by atoms with Gasteiger partial charge in [-0.25, -0.2) is 9.78 Å². The predicted molar refractivity (Wildman–Crippen MR) is 79.2 cm³/mol. The van der Waals surface area contributed by atoms with E-state index >= 15 is 0 Å². The zero-order valence-corrected chi connectivity index (χ0v) is 11.3. The minimum Gasteiger partial charge on any atom is -0.477 e. The largest absolute Gasteiger partial charge is 0.477 e. The predicted octanol–water partition coefficient (Wildman–Crippen LogP) is 3.54. The van der Waals surface area contributed by atoms with Crippen molar-refractivity contribution >= 4 is 22.6 Å². The van der Waals surface area contributed by atoms with Gasteiger partial charge >= 0.3 is 5.97 Å². The van der Waals surface area contributed by atoms with Crippen LogP contribution in [0.3, 0.4) is 0 Å². The average Bonchev–Trinajstić information content (AvgIpc) is 3.27. The summed E-state index contributed by atoms with van der Waals surface area (Å²) >= 11 is 0. The second-order valence-electron chi connectivity index (χ2n) is 5.39. The van der Waals surface area contributed by atoms with Crippen molar-refractivity contribution in [3.63, 3.8) is 0 Å². The van der Waals surface area contributed by atoms with Gasteiger partial charge in [-0.15, -0.1) is 0 Å². The van der Waals surface area contributed by atoms with Crippen LogP contribution in [0.4, 0.5) is 5.82 Å². The molecule has 4 nitrogen and oxygen atoms in total. The quantitative estimate of drug-likeness (QED) is 0.788. The molecule has 0 saturated heterocycles. The highest BCUT2D eigenvalue weighted by atomic mass is 16.4. The number of rotatable bonds is 6. The minimum atomic E-state index is -0.989. The van der Waals surface area contributed by atoms with Crippen LogP contribution in [0, 0.1) is 5.92 Å². The molecule has 104 valence electrons. The van der Waals surface area contributed by atoms with E-state index < -0.39 is 5.97 Å². The highest BCUT2D eigenvalue weighted by Gasteiger charge is 2.20. The Hall–Kier alpha value is -2.10. The summed E-state index contributed by atoms with van der Waals surface area (Å²) in [6.07, 6.45) is 5.10. The molecule has 1 aromatic heterocycles. The van der Waals surface area contributed by atoms with Crippen LogP contribution < -0.4 is 5.32 Å². The summed E-state index contributed by atoms with van der Waals surface area (Å²) in [6.45, 7) is 0.844. The number of aromatic carboxylic acids is 1. The smallest absolute Gasteiger partial charge is 0.354 e. The van der Waals surface area contributed by atoms with Crippen LogP contribution in [0.25, 0.3) is 10.8 Å². The van der Waals surface area contributed by atoms with Crippen molar-refractivity contribution in [2.24, 2.45) is 5.92 Å². The molecule has 2 aromatic rings. The van der Waals surface area contributed by atoms with E-state index in [9.17, 15) is 4.79 Å². The molecule has 1 fully saturated rings. The van der Waals surface area contributed by atoms with Crippen LogP contribution >= 0.6 is 0 Å². The summed E-state index contributed by atoms with van der Waals surface area (Å²) in [4.78, 5) is 15.4. The molecule has 0 spiro atoms. The number of carboxylic acids is 1. The van der Waals surface area contributed by atoms with Crippen LogP contribution in [0.1, 0.15) is 36.2 Å². The molecule has 0 unspecified atom stereocenters. The number of anilines is 1. The number of fused-ring (bicyclic) bond motifs is 1. The van der Waals surface area contributed by atoms with Crippen molar-refractivity contribution in [1.82, 2.24) is 4.98 Å². The Kier molecular flexibility index (Phi) is 3.54. The molecule has 0 amide bonds. The lowest BCUT2D eigenvalue weighted by Gasteiger charge is -2.10. The van der Waals surface area contributed by atoms with Crippen LogP contribution in [0.5, 0.6) is 0 Å². The topological polar surface area (TPSA) is 62.2 Å². The van der Waals surface area contributed by atoms with Crippen LogP contribution in [-0.4, -0.2) is 22.6 Å². The number of nitrogens with zero attached hydrogens (tertiary/aromatic N) is 1. The Morgan fingerprint density at radius 2 is 2.15 bits per heavy atom. The number of aromatic nitrogens is 1. The van der Waals surface area contributed by atoms with E-state index in [2.05, 4.69) is 10.3 Å². The Morgan fingerprint density at radius 3 is 2.90 bits per heavy atom. The fraction of sp³-hybridized carbons (Fsp3) is 0.375. The molecule has 3 rings (SSSR count). The molecule has 1 heterocycles. The number of nitrogens with one attached hydrogen (secondary N) is 1. The zero-order valence-electron chi connectivity index (χ0n) is 11.3.